The van der Waals surface area contributed by atoms with E-state index in [0.29, 0.717) is 6.42 Å². The Kier molecular flexibility index (Phi) is 6.75. The third-order valence-corrected chi connectivity index (χ3v) is 4.72. The van der Waals surface area contributed by atoms with Gasteiger partial charge in [-0.1, -0.05) is 26.8 Å². The molecule has 0 fully saturated rings. The number of nitrogens with zero attached hydrogens (tertiary/aromatic N) is 1. The topological polar surface area (TPSA) is 15.3 Å². The molecule has 0 saturated heterocycles. The van der Waals surface area contributed by atoms with Gasteiger partial charge in [0.25, 0.3) is 0 Å². The SMILES string of the molecule is CCN(CC)C(C)(CC)C(Cc1ccc(F)c(F)c1)NC. The predicted molar refractivity (Wildman–Crippen MR) is 84.5 cm³/mol. The lowest BCUT2D eigenvalue weighted by Crippen LogP contribution is -2.59. The second-order valence-electron chi connectivity index (χ2n) is 5.68. The van der Waals surface area contributed by atoms with Crippen LogP contribution in [0, 0.1) is 11.6 Å². The highest BCUT2D eigenvalue weighted by molar-refractivity contribution is 5.20. The zero-order chi connectivity index (χ0) is 16.0. The summed E-state index contributed by atoms with van der Waals surface area (Å²) < 4.78 is 26.5. The van der Waals surface area contributed by atoms with Crippen molar-refractivity contribution in [2.45, 2.75) is 52.1 Å². The number of hydrogen-bond acceptors (Lipinski definition) is 2. The molecular formula is C17H28F2N2. The average Bonchev–Trinajstić information content (AvgIpc) is 2.49. The molecular weight excluding hydrogens is 270 g/mol. The third-order valence-electron chi connectivity index (χ3n) is 4.72. The molecule has 120 valence electrons. The highest BCUT2D eigenvalue weighted by atomic mass is 19.2. The van der Waals surface area contributed by atoms with Crippen molar-refractivity contribution in [1.82, 2.24) is 10.2 Å². The zero-order valence-corrected chi connectivity index (χ0v) is 13.8. The molecule has 0 bridgehead atoms. The molecule has 0 saturated carbocycles. The minimum atomic E-state index is -0.790. The van der Waals surface area contributed by atoms with Gasteiger partial charge in [0.1, 0.15) is 0 Å². The Hall–Kier alpha value is -1.00. The first-order chi connectivity index (χ1) is 9.92. The number of likely N-dealkylation sites (N-methyl/N-ethyl adjacent to an activating group) is 2. The number of benzene rings is 1. The minimum absolute atomic E-state index is 0.0247. The van der Waals surface area contributed by atoms with Crippen molar-refractivity contribution in [2.24, 2.45) is 0 Å². The van der Waals surface area contributed by atoms with Crippen LogP contribution in [0.5, 0.6) is 0 Å². The molecule has 0 aromatic heterocycles. The van der Waals surface area contributed by atoms with Gasteiger partial charge >= 0.3 is 0 Å². The largest absolute Gasteiger partial charge is 0.315 e. The molecule has 0 aliphatic heterocycles. The second kappa shape index (κ2) is 7.85. The molecule has 1 rings (SSSR count). The monoisotopic (exact) mass is 298 g/mol. The van der Waals surface area contributed by atoms with Gasteiger partial charge < -0.3 is 5.32 Å². The van der Waals surface area contributed by atoms with E-state index in [4.69, 9.17) is 0 Å². The van der Waals surface area contributed by atoms with Gasteiger partial charge in [-0.3, -0.25) is 4.90 Å². The first-order valence-electron chi connectivity index (χ1n) is 7.79. The number of hydrogen-bond donors (Lipinski definition) is 1. The molecule has 0 amide bonds. The van der Waals surface area contributed by atoms with Crippen LogP contribution in [0.4, 0.5) is 8.78 Å². The summed E-state index contributed by atoms with van der Waals surface area (Å²) in [4.78, 5) is 2.42. The van der Waals surface area contributed by atoms with Crippen molar-refractivity contribution in [3.05, 3.63) is 35.4 Å². The van der Waals surface area contributed by atoms with Gasteiger partial charge in [0.2, 0.25) is 0 Å². The van der Waals surface area contributed by atoms with Crippen molar-refractivity contribution >= 4 is 0 Å². The van der Waals surface area contributed by atoms with Gasteiger partial charge in [-0.05, 0) is 57.6 Å². The summed E-state index contributed by atoms with van der Waals surface area (Å²) in [6.07, 6.45) is 1.67. The molecule has 0 radical (unpaired) electrons. The molecule has 0 heterocycles. The maximum atomic E-state index is 13.4. The lowest BCUT2D eigenvalue weighted by atomic mass is 9.83. The van der Waals surface area contributed by atoms with E-state index in [2.05, 4.69) is 37.9 Å². The van der Waals surface area contributed by atoms with Gasteiger partial charge in [-0.25, -0.2) is 8.78 Å². The molecule has 2 nitrogen and oxygen atoms in total. The van der Waals surface area contributed by atoms with E-state index < -0.39 is 11.6 Å². The molecule has 2 unspecified atom stereocenters. The van der Waals surface area contributed by atoms with Crippen molar-refractivity contribution in [3.8, 4) is 0 Å². The van der Waals surface area contributed by atoms with Crippen LogP contribution in [0.3, 0.4) is 0 Å². The number of rotatable bonds is 8. The minimum Gasteiger partial charge on any atom is -0.315 e. The van der Waals surface area contributed by atoms with E-state index in [9.17, 15) is 8.78 Å². The van der Waals surface area contributed by atoms with E-state index in [0.717, 1.165) is 25.1 Å². The summed E-state index contributed by atoms with van der Waals surface area (Å²) in [5.41, 5.74) is 0.795. The average molecular weight is 298 g/mol. The Balaban J connectivity index is 3.01. The standard InChI is InChI=1S/C17H28F2N2/c1-6-17(4,21(7-2)8-3)16(20-5)12-13-9-10-14(18)15(19)11-13/h9-11,16,20H,6-8,12H2,1-5H3. The summed E-state index contributed by atoms with van der Waals surface area (Å²) in [6, 6.07) is 4.35. The summed E-state index contributed by atoms with van der Waals surface area (Å²) in [5, 5.41) is 3.37. The van der Waals surface area contributed by atoms with Crippen LogP contribution in [0.25, 0.3) is 0 Å². The lowest BCUT2D eigenvalue weighted by Gasteiger charge is -2.46. The van der Waals surface area contributed by atoms with E-state index in [1.807, 2.05) is 7.05 Å². The second-order valence-corrected chi connectivity index (χ2v) is 5.68. The van der Waals surface area contributed by atoms with Crippen molar-refractivity contribution in [3.63, 3.8) is 0 Å². The summed E-state index contributed by atoms with van der Waals surface area (Å²) in [5.74, 6) is -1.56. The molecule has 1 N–H and O–H groups in total. The van der Waals surface area contributed by atoms with Crippen LogP contribution >= 0.6 is 0 Å². The Morgan fingerprint density at radius 3 is 2.19 bits per heavy atom. The third kappa shape index (κ3) is 4.01. The van der Waals surface area contributed by atoms with E-state index in [1.165, 1.54) is 12.1 Å². The lowest BCUT2D eigenvalue weighted by molar-refractivity contribution is 0.0730. The fraction of sp³-hybridized carbons (Fsp3) is 0.647. The fourth-order valence-electron chi connectivity index (χ4n) is 3.17. The smallest absolute Gasteiger partial charge is 0.159 e. The van der Waals surface area contributed by atoms with E-state index >= 15 is 0 Å². The van der Waals surface area contributed by atoms with Gasteiger partial charge in [0.15, 0.2) is 11.6 Å². The summed E-state index contributed by atoms with van der Waals surface area (Å²) in [7, 11) is 1.93. The van der Waals surface area contributed by atoms with Crippen LogP contribution in [-0.4, -0.2) is 36.6 Å². The van der Waals surface area contributed by atoms with Crippen LogP contribution in [-0.2, 0) is 6.42 Å². The van der Waals surface area contributed by atoms with Crippen molar-refractivity contribution < 1.29 is 8.78 Å². The normalized spacial score (nSPS) is 16.0. The molecule has 1 aromatic rings. The van der Waals surface area contributed by atoms with Gasteiger partial charge in [0.05, 0.1) is 0 Å². The van der Waals surface area contributed by atoms with Gasteiger partial charge in [0, 0.05) is 11.6 Å². The molecule has 4 heteroatoms. The fourth-order valence-corrected chi connectivity index (χ4v) is 3.17. The molecule has 21 heavy (non-hydrogen) atoms. The van der Waals surface area contributed by atoms with Crippen LogP contribution in [0.15, 0.2) is 18.2 Å². The predicted octanol–water partition coefficient (Wildman–Crippen LogP) is 3.61. The first kappa shape index (κ1) is 18.1. The molecule has 0 spiro atoms. The summed E-state index contributed by atoms with van der Waals surface area (Å²) in [6.45, 7) is 10.7. The number of nitrogens with one attached hydrogen (secondary N) is 1. The highest BCUT2D eigenvalue weighted by Crippen LogP contribution is 2.26. The van der Waals surface area contributed by atoms with Crippen molar-refractivity contribution in [2.75, 3.05) is 20.1 Å². The molecule has 2 atom stereocenters. The van der Waals surface area contributed by atoms with E-state index in [1.54, 1.807) is 6.07 Å². The van der Waals surface area contributed by atoms with E-state index in [-0.39, 0.29) is 11.6 Å². The zero-order valence-electron chi connectivity index (χ0n) is 13.8. The highest BCUT2D eigenvalue weighted by Gasteiger charge is 2.36. The first-order valence-corrected chi connectivity index (χ1v) is 7.79. The molecule has 0 aliphatic carbocycles. The maximum Gasteiger partial charge on any atom is 0.159 e. The maximum absolute atomic E-state index is 13.4. The quantitative estimate of drug-likeness (QED) is 0.789. The van der Waals surface area contributed by atoms with Crippen LogP contribution in [0.2, 0.25) is 0 Å². The molecule has 1 aromatic carbocycles. The van der Waals surface area contributed by atoms with Gasteiger partial charge in [-0.15, -0.1) is 0 Å². The Bertz CT molecular complexity index is 446. The Morgan fingerprint density at radius 2 is 1.76 bits per heavy atom. The molecule has 0 aliphatic rings. The Morgan fingerprint density at radius 1 is 1.14 bits per heavy atom. The van der Waals surface area contributed by atoms with Crippen LogP contribution in [0.1, 0.15) is 39.7 Å². The number of halogens is 2. The van der Waals surface area contributed by atoms with Crippen LogP contribution < -0.4 is 5.32 Å². The van der Waals surface area contributed by atoms with Crippen molar-refractivity contribution in [1.29, 1.82) is 0 Å². The Labute approximate surface area is 127 Å². The van der Waals surface area contributed by atoms with Gasteiger partial charge in [-0.2, -0.15) is 0 Å². The summed E-state index contributed by atoms with van der Waals surface area (Å²) >= 11 is 0.